The van der Waals surface area contributed by atoms with Crippen molar-refractivity contribution in [2.45, 2.75) is 19.4 Å². The Morgan fingerprint density at radius 3 is 2.64 bits per heavy atom. The van der Waals surface area contributed by atoms with Crippen LogP contribution in [0.2, 0.25) is 0 Å². The van der Waals surface area contributed by atoms with Crippen molar-refractivity contribution >= 4 is 22.6 Å². The van der Waals surface area contributed by atoms with E-state index >= 15 is 0 Å². The second-order valence-electron chi connectivity index (χ2n) is 8.61. The minimum absolute atomic E-state index is 0.137. The number of H-pyrrole nitrogens is 1. The molecule has 1 aromatic heterocycles. The first-order valence-electron chi connectivity index (χ1n) is 11.3. The van der Waals surface area contributed by atoms with E-state index in [1.165, 1.54) is 16.5 Å². The first-order valence-corrected chi connectivity index (χ1v) is 11.3. The van der Waals surface area contributed by atoms with Gasteiger partial charge in [0, 0.05) is 34.9 Å². The summed E-state index contributed by atoms with van der Waals surface area (Å²) in [7, 11) is 0. The van der Waals surface area contributed by atoms with Gasteiger partial charge in [0.1, 0.15) is 13.2 Å². The van der Waals surface area contributed by atoms with Crippen LogP contribution in [-0.2, 0) is 6.42 Å². The minimum atomic E-state index is -0.195. The molecule has 0 saturated carbocycles. The van der Waals surface area contributed by atoms with E-state index in [1.807, 2.05) is 29.2 Å². The number of nitrogens with zero attached hydrogens (tertiary/aromatic N) is 1. The molecule has 0 aliphatic carbocycles. The molecule has 0 bridgehead atoms. The van der Waals surface area contributed by atoms with Gasteiger partial charge in [-0.15, -0.1) is 0 Å². The number of urea groups is 1. The molecule has 33 heavy (non-hydrogen) atoms. The summed E-state index contributed by atoms with van der Waals surface area (Å²) in [5.41, 5.74) is 6.45. The maximum absolute atomic E-state index is 13.5. The van der Waals surface area contributed by atoms with E-state index in [1.54, 1.807) is 0 Å². The molecular weight excluding hydrogens is 414 g/mol. The van der Waals surface area contributed by atoms with Crippen LogP contribution in [0.1, 0.15) is 28.4 Å². The molecule has 2 amide bonds. The summed E-state index contributed by atoms with van der Waals surface area (Å²) >= 11 is 0. The molecule has 2 aliphatic heterocycles. The molecule has 2 N–H and O–H groups in total. The Kier molecular flexibility index (Phi) is 4.72. The standard InChI is InChI=1S/C27H25N3O3/c1-17-6-8-18(9-7-17)26-25-21(20-4-2-3-5-22(20)29-25)12-13-30(26)27(31)28-19-10-11-23-24(16-19)33-15-14-32-23/h2-11,16,26,29H,12-15H2,1H3,(H,28,31)/t26-/m1/s1. The highest BCUT2D eigenvalue weighted by Gasteiger charge is 2.34. The average molecular weight is 440 g/mol. The van der Waals surface area contributed by atoms with Gasteiger partial charge < -0.3 is 24.7 Å². The molecule has 6 heteroatoms. The molecule has 0 unspecified atom stereocenters. The number of aryl methyl sites for hydroxylation is 1. The van der Waals surface area contributed by atoms with Gasteiger partial charge in [-0.05, 0) is 42.7 Å². The van der Waals surface area contributed by atoms with E-state index in [-0.39, 0.29) is 12.1 Å². The number of carbonyl (C=O) groups excluding carboxylic acids is 1. The molecule has 2 aliphatic rings. The molecule has 3 aromatic carbocycles. The Balaban J connectivity index is 1.37. The van der Waals surface area contributed by atoms with Crippen molar-refractivity contribution < 1.29 is 14.3 Å². The fourth-order valence-electron chi connectivity index (χ4n) is 4.87. The van der Waals surface area contributed by atoms with Crippen molar-refractivity contribution in [3.05, 3.63) is 89.1 Å². The van der Waals surface area contributed by atoms with Crippen LogP contribution in [0.4, 0.5) is 10.5 Å². The zero-order valence-corrected chi connectivity index (χ0v) is 18.4. The second-order valence-corrected chi connectivity index (χ2v) is 8.61. The lowest BCUT2D eigenvalue weighted by molar-refractivity contribution is 0.171. The Labute approximate surface area is 192 Å². The SMILES string of the molecule is Cc1ccc([C@@H]2c3[nH]c4ccccc4c3CCN2C(=O)Nc2ccc3c(c2)OCCO3)cc1. The molecule has 6 rings (SSSR count). The van der Waals surface area contributed by atoms with Crippen molar-refractivity contribution in [3.63, 3.8) is 0 Å². The third-order valence-corrected chi connectivity index (χ3v) is 6.48. The first kappa shape index (κ1) is 19.7. The third-order valence-electron chi connectivity index (χ3n) is 6.48. The van der Waals surface area contributed by atoms with Crippen molar-refractivity contribution in [2.75, 3.05) is 25.1 Å². The number of rotatable bonds is 2. The van der Waals surface area contributed by atoms with E-state index in [0.29, 0.717) is 36.9 Å². The van der Waals surface area contributed by atoms with Gasteiger partial charge in [-0.25, -0.2) is 4.79 Å². The van der Waals surface area contributed by atoms with Gasteiger partial charge in [-0.3, -0.25) is 0 Å². The summed E-state index contributed by atoms with van der Waals surface area (Å²) in [5.74, 6) is 1.36. The monoisotopic (exact) mass is 439 g/mol. The lowest BCUT2D eigenvalue weighted by Crippen LogP contribution is -2.43. The number of benzene rings is 3. The van der Waals surface area contributed by atoms with Crippen LogP contribution < -0.4 is 14.8 Å². The van der Waals surface area contributed by atoms with E-state index in [9.17, 15) is 4.79 Å². The van der Waals surface area contributed by atoms with Crippen molar-refractivity contribution in [1.29, 1.82) is 0 Å². The number of amides is 2. The van der Waals surface area contributed by atoms with Crippen LogP contribution in [0.25, 0.3) is 10.9 Å². The van der Waals surface area contributed by atoms with Gasteiger partial charge in [0.05, 0.1) is 6.04 Å². The largest absolute Gasteiger partial charge is 0.486 e. The smallest absolute Gasteiger partial charge is 0.322 e. The molecule has 166 valence electrons. The summed E-state index contributed by atoms with van der Waals surface area (Å²) in [4.78, 5) is 19.1. The van der Waals surface area contributed by atoms with Crippen molar-refractivity contribution in [2.24, 2.45) is 0 Å². The lowest BCUT2D eigenvalue weighted by atomic mass is 9.92. The van der Waals surface area contributed by atoms with Gasteiger partial charge in [-0.1, -0.05) is 48.0 Å². The van der Waals surface area contributed by atoms with Gasteiger partial charge >= 0.3 is 6.03 Å². The number of hydrogen-bond acceptors (Lipinski definition) is 3. The molecule has 1 atom stereocenters. The Morgan fingerprint density at radius 1 is 1.00 bits per heavy atom. The number of carbonyl (C=O) groups is 1. The normalized spacial score (nSPS) is 17.0. The topological polar surface area (TPSA) is 66.6 Å². The molecule has 0 fully saturated rings. The second kappa shape index (κ2) is 7.89. The highest BCUT2D eigenvalue weighted by Crippen LogP contribution is 2.39. The summed E-state index contributed by atoms with van der Waals surface area (Å²) in [6.45, 7) is 3.75. The van der Waals surface area contributed by atoms with E-state index in [2.05, 4.69) is 59.7 Å². The quantitative estimate of drug-likeness (QED) is 0.438. The minimum Gasteiger partial charge on any atom is -0.486 e. The number of nitrogens with one attached hydrogen (secondary N) is 2. The average Bonchev–Trinajstić information content (AvgIpc) is 3.23. The van der Waals surface area contributed by atoms with Crippen LogP contribution in [0.3, 0.4) is 0 Å². The molecule has 3 heterocycles. The first-order chi connectivity index (χ1) is 16.2. The highest BCUT2D eigenvalue weighted by molar-refractivity contribution is 5.92. The Morgan fingerprint density at radius 2 is 1.79 bits per heavy atom. The van der Waals surface area contributed by atoms with Crippen LogP contribution >= 0.6 is 0 Å². The highest BCUT2D eigenvalue weighted by atomic mass is 16.6. The predicted octanol–water partition coefficient (Wildman–Crippen LogP) is 5.43. The fourth-order valence-corrected chi connectivity index (χ4v) is 4.87. The molecule has 0 saturated heterocycles. The number of fused-ring (bicyclic) bond motifs is 4. The molecule has 0 spiro atoms. The number of para-hydroxylation sites is 1. The summed E-state index contributed by atoms with van der Waals surface area (Å²) in [6, 6.07) is 22.0. The van der Waals surface area contributed by atoms with Crippen molar-refractivity contribution in [1.82, 2.24) is 9.88 Å². The molecule has 6 nitrogen and oxygen atoms in total. The zero-order valence-electron chi connectivity index (χ0n) is 18.4. The van der Waals surface area contributed by atoms with Crippen LogP contribution in [0.15, 0.2) is 66.7 Å². The maximum atomic E-state index is 13.5. The van der Waals surface area contributed by atoms with Crippen LogP contribution in [0.5, 0.6) is 11.5 Å². The number of aromatic amines is 1. The maximum Gasteiger partial charge on any atom is 0.322 e. The van der Waals surface area contributed by atoms with E-state index in [4.69, 9.17) is 9.47 Å². The Hall–Kier alpha value is -3.93. The molecule has 0 radical (unpaired) electrons. The Bertz CT molecular complexity index is 1340. The van der Waals surface area contributed by atoms with Crippen molar-refractivity contribution in [3.8, 4) is 11.5 Å². The van der Waals surface area contributed by atoms with Gasteiger partial charge in [-0.2, -0.15) is 0 Å². The number of aromatic nitrogens is 1. The van der Waals surface area contributed by atoms with Gasteiger partial charge in [0.25, 0.3) is 0 Å². The van der Waals surface area contributed by atoms with E-state index in [0.717, 1.165) is 23.2 Å². The fraction of sp³-hybridized carbons (Fsp3) is 0.222. The predicted molar refractivity (Wildman–Crippen MR) is 128 cm³/mol. The number of hydrogen-bond donors (Lipinski definition) is 2. The third kappa shape index (κ3) is 3.48. The molecule has 4 aromatic rings. The summed E-state index contributed by atoms with van der Waals surface area (Å²) in [6.07, 6.45) is 0.802. The zero-order chi connectivity index (χ0) is 22.4. The summed E-state index contributed by atoms with van der Waals surface area (Å²) in [5, 5.41) is 4.31. The van der Waals surface area contributed by atoms with Gasteiger partial charge in [0.2, 0.25) is 0 Å². The van der Waals surface area contributed by atoms with Gasteiger partial charge in [0.15, 0.2) is 11.5 Å². The van der Waals surface area contributed by atoms with E-state index < -0.39 is 0 Å². The molecular formula is C27H25N3O3. The number of ether oxygens (including phenoxy) is 2. The summed E-state index contributed by atoms with van der Waals surface area (Å²) < 4.78 is 11.3. The lowest BCUT2D eigenvalue weighted by Gasteiger charge is -2.36. The number of anilines is 1. The van der Waals surface area contributed by atoms with Crippen LogP contribution in [-0.4, -0.2) is 35.7 Å². The van der Waals surface area contributed by atoms with Crippen LogP contribution in [0, 0.1) is 6.92 Å².